The number of ether oxygens (including phenoxy) is 2. The van der Waals surface area contributed by atoms with Gasteiger partial charge in [0.2, 0.25) is 0 Å². The van der Waals surface area contributed by atoms with Crippen molar-refractivity contribution in [2.24, 2.45) is 0 Å². The fourth-order valence-electron chi connectivity index (χ4n) is 1.70. The van der Waals surface area contributed by atoms with E-state index in [2.05, 4.69) is 9.97 Å². The fraction of sp³-hybridized carbons (Fsp3) is 0.308. The van der Waals surface area contributed by atoms with Crippen LogP contribution in [0.5, 0.6) is 0 Å². The lowest BCUT2D eigenvalue weighted by Gasteiger charge is -2.07. The number of pyridine rings is 1. The maximum Gasteiger partial charge on any atom is 0.357 e. The SMILES string of the molecule is CCOC(=O)c1cc2[nH]ccc2nc1C(=O)OCC. The lowest BCUT2D eigenvalue weighted by atomic mass is 10.1. The Balaban J connectivity index is 2.53. The lowest BCUT2D eigenvalue weighted by Crippen LogP contribution is -2.16. The summed E-state index contributed by atoms with van der Waals surface area (Å²) in [5.41, 5.74) is 1.34. The van der Waals surface area contributed by atoms with Gasteiger partial charge in [0.15, 0.2) is 5.69 Å². The number of carbonyl (C=O) groups is 2. The normalized spacial score (nSPS) is 10.4. The van der Waals surface area contributed by atoms with Gasteiger partial charge in [-0.15, -0.1) is 0 Å². The van der Waals surface area contributed by atoms with Crippen molar-refractivity contribution in [2.75, 3.05) is 13.2 Å². The quantitative estimate of drug-likeness (QED) is 0.851. The Morgan fingerprint density at radius 2 is 1.89 bits per heavy atom. The Bertz CT molecular complexity index is 566. The Morgan fingerprint density at radius 1 is 1.21 bits per heavy atom. The van der Waals surface area contributed by atoms with Crippen LogP contribution in [-0.2, 0) is 9.47 Å². The molecule has 0 saturated heterocycles. The number of H-pyrrole nitrogens is 1. The summed E-state index contributed by atoms with van der Waals surface area (Å²) in [7, 11) is 0. The molecule has 1 N–H and O–H groups in total. The largest absolute Gasteiger partial charge is 0.462 e. The summed E-state index contributed by atoms with van der Waals surface area (Å²) in [5, 5.41) is 0. The molecule has 2 aromatic heterocycles. The molecule has 0 fully saturated rings. The molecule has 0 aliphatic carbocycles. The van der Waals surface area contributed by atoms with Crippen LogP contribution in [0.25, 0.3) is 11.0 Å². The third-order valence-corrected chi connectivity index (χ3v) is 2.50. The minimum Gasteiger partial charge on any atom is -0.462 e. The minimum absolute atomic E-state index is 0.0209. The first-order chi connectivity index (χ1) is 9.17. The molecule has 0 aliphatic rings. The summed E-state index contributed by atoms with van der Waals surface area (Å²) < 4.78 is 9.82. The first kappa shape index (κ1) is 13.1. The zero-order valence-corrected chi connectivity index (χ0v) is 10.7. The van der Waals surface area contributed by atoms with Gasteiger partial charge in [-0.1, -0.05) is 0 Å². The predicted octanol–water partition coefficient (Wildman–Crippen LogP) is 1.92. The highest BCUT2D eigenvalue weighted by Crippen LogP contribution is 2.17. The molecule has 0 amide bonds. The summed E-state index contributed by atoms with van der Waals surface area (Å²) in [5.74, 6) is -1.22. The Hall–Kier alpha value is -2.37. The van der Waals surface area contributed by atoms with Crippen LogP contribution in [0.2, 0.25) is 0 Å². The number of nitrogens with zero attached hydrogens (tertiary/aromatic N) is 1. The van der Waals surface area contributed by atoms with E-state index in [0.717, 1.165) is 0 Å². The molecule has 2 heterocycles. The van der Waals surface area contributed by atoms with Crippen LogP contribution >= 0.6 is 0 Å². The van der Waals surface area contributed by atoms with Gasteiger partial charge in [0, 0.05) is 6.20 Å². The highest BCUT2D eigenvalue weighted by atomic mass is 16.5. The van der Waals surface area contributed by atoms with Crippen LogP contribution in [-0.4, -0.2) is 35.1 Å². The second-order valence-corrected chi connectivity index (χ2v) is 3.74. The van der Waals surface area contributed by atoms with Crippen molar-refractivity contribution in [1.82, 2.24) is 9.97 Å². The molecule has 100 valence electrons. The van der Waals surface area contributed by atoms with Crippen molar-refractivity contribution in [3.63, 3.8) is 0 Å². The standard InChI is InChI=1S/C13H14N2O4/c1-3-18-12(16)8-7-10-9(5-6-14-10)15-11(8)13(17)19-4-2/h5-7,14H,3-4H2,1-2H3. The van der Waals surface area contributed by atoms with E-state index >= 15 is 0 Å². The minimum atomic E-state index is -0.631. The van der Waals surface area contributed by atoms with E-state index in [-0.39, 0.29) is 24.5 Å². The number of hydrogen-bond acceptors (Lipinski definition) is 5. The first-order valence-electron chi connectivity index (χ1n) is 5.99. The summed E-state index contributed by atoms with van der Waals surface area (Å²) in [6, 6.07) is 3.26. The topological polar surface area (TPSA) is 81.3 Å². The first-order valence-corrected chi connectivity index (χ1v) is 5.99. The molecule has 0 bridgehead atoms. The molecular weight excluding hydrogens is 248 g/mol. The van der Waals surface area contributed by atoms with Gasteiger partial charge >= 0.3 is 11.9 Å². The smallest absolute Gasteiger partial charge is 0.357 e. The Kier molecular flexibility index (Phi) is 3.79. The summed E-state index contributed by atoms with van der Waals surface area (Å²) >= 11 is 0. The molecule has 0 atom stereocenters. The number of fused-ring (bicyclic) bond motifs is 1. The molecule has 0 aliphatic heterocycles. The van der Waals surface area contributed by atoms with Crippen molar-refractivity contribution < 1.29 is 19.1 Å². The molecule has 0 unspecified atom stereocenters. The Morgan fingerprint density at radius 3 is 2.58 bits per heavy atom. The fourth-order valence-corrected chi connectivity index (χ4v) is 1.70. The van der Waals surface area contributed by atoms with Gasteiger partial charge in [-0.3, -0.25) is 0 Å². The van der Waals surface area contributed by atoms with Gasteiger partial charge in [0.05, 0.1) is 29.8 Å². The number of carbonyl (C=O) groups excluding carboxylic acids is 2. The maximum absolute atomic E-state index is 11.9. The maximum atomic E-state index is 11.9. The van der Waals surface area contributed by atoms with Gasteiger partial charge in [0.1, 0.15) is 0 Å². The van der Waals surface area contributed by atoms with E-state index in [9.17, 15) is 9.59 Å². The van der Waals surface area contributed by atoms with Gasteiger partial charge in [-0.2, -0.15) is 0 Å². The van der Waals surface area contributed by atoms with Crippen molar-refractivity contribution >= 4 is 23.0 Å². The van der Waals surface area contributed by atoms with Crippen LogP contribution < -0.4 is 0 Å². The van der Waals surface area contributed by atoms with Crippen molar-refractivity contribution in [1.29, 1.82) is 0 Å². The number of aromatic nitrogens is 2. The summed E-state index contributed by atoms with van der Waals surface area (Å²) in [6.07, 6.45) is 1.68. The molecule has 0 radical (unpaired) electrons. The van der Waals surface area contributed by atoms with Crippen LogP contribution in [0.3, 0.4) is 0 Å². The third kappa shape index (κ3) is 2.57. The summed E-state index contributed by atoms with van der Waals surface area (Å²) in [6.45, 7) is 3.83. The van der Waals surface area contributed by atoms with E-state index in [1.807, 2.05) is 0 Å². The lowest BCUT2D eigenvalue weighted by molar-refractivity contribution is 0.0474. The van der Waals surface area contributed by atoms with E-state index < -0.39 is 11.9 Å². The average Bonchev–Trinajstić information content (AvgIpc) is 2.85. The van der Waals surface area contributed by atoms with Crippen molar-refractivity contribution in [3.05, 3.63) is 29.6 Å². The molecule has 6 heteroatoms. The molecule has 0 spiro atoms. The van der Waals surface area contributed by atoms with Gasteiger partial charge in [-0.05, 0) is 26.0 Å². The third-order valence-electron chi connectivity index (χ3n) is 2.50. The predicted molar refractivity (Wildman–Crippen MR) is 68.0 cm³/mol. The second kappa shape index (κ2) is 5.51. The highest BCUT2D eigenvalue weighted by Gasteiger charge is 2.22. The molecule has 2 aromatic rings. The number of aromatic amines is 1. The number of nitrogens with one attached hydrogen (secondary N) is 1. The van der Waals surface area contributed by atoms with Gasteiger partial charge < -0.3 is 14.5 Å². The van der Waals surface area contributed by atoms with Crippen LogP contribution in [0, 0.1) is 0 Å². The van der Waals surface area contributed by atoms with Gasteiger partial charge in [0.25, 0.3) is 0 Å². The van der Waals surface area contributed by atoms with Crippen LogP contribution in [0.1, 0.15) is 34.7 Å². The molecule has 0 saturated carbocycles. The average molecular weight is 262 g/mol. The monoisotopic (exact) mass is 262 g/mol. The van der Waals surface area contributed by atoms with Crippen LogP contribution in [0.15, 0.2) is 18.3 Å². The van der Waals surface area contributed by atoms with E-state index in [4.69, 9.17) is 9.47 Å². The van der Waals surface area contributed by atoms with E-state index in [1.165, 1.54) is 0 Å². The zero-order chi connectivity index (χ0) is 13.8. The number of rotatable bonds is 4. The van der Waals surface area contributed by atoms with E-state index in [1.54, 1.807) is 32.2 Å². The van der Waals surface area contributed by atoms with E-state index in [0.29, 0.717) is 11.0 Å². The van der Waals surface area contributed by atoms with Crippen molar-refractivity contribution in [2.45, 2.75) is 13.8 Å². The summed E-state index contributed by atoms with van der Waals surface area (Å²) in [4.78, 5) is 30.8. The molecule has 6 nitrogen and oxygen atoms in total. The zero-order valence-electron chi connectivity index (χ0n) is 10.7. The van der Waals surface area contributed by atoms with Gasteiger partial charge in [-0.25, -0.2) is 14.6 Å². The molecule has 2 rings (SSSR count). The molecule has 0 aromatic carbocycles. The molecule has 19 heavy (non-hydrogen) atoms. The number of esters is 2. The highest BCUT2D eigenvalue weighted by molar-refractivity contribution is 6.04. The molecular formula is C13H14N2O4. The van der Waals surface area contributed by atoms with Crippen LogP contribution in [0.4, 0.5) is 0 Å². The number of hydrogen-bond donors (Lipinski definition) is 1. The Labute approximate surface area is 109 Å². The second-order valence-electron chi connectivity index (χ2n) is 3.74. The van der Waals surface area contributed by atoms with Crippen molar-refractivity contribution in [3.8, 4) is 0 Å².